The summed E-state index contributed by atoms with van der Waals surface area (Å²) in [5.74, 6) is -0.739. The Hall–Kier alpha value is -1.30. The van der Waals surface area contributed by atoms with Crippen LogP contribution in [0.5, 0.6) is 0 Å². The van der Waals surface area contributed by atoms with E-state index in [2.05, 4.69) is 10.6 Å². The van der Waals surface area contributed by atoms with Gasteiger partial charge in [-0.3, -0.25) is 14.9 Å². The Morgan fingerprint density at radius 2 is 1.73 bits per heavy atom. The van der Waals surface area contributed by atoms with E-state index in [1.54, 1.807) is 0 Å². The zero-order valence-corrected chi connectivity index (χ0v) is 9.35. The summed E-state index contributed by atoms with van der Waals surface area (Å²) in [6.45, 7) is 3.39. The van der Waals surface area contributed by atoms with Crippen molar-refractivity contribution in [3.8, 4) is 0 Å². The number of hydrogen-bond donors (Lipinski definition) is 3. The molecule has 0 bridgehead atoms. The molecule has 0 aliphatic carbocycles. The zero-order valence-electron chi connectivity index (χ0n) is 8.59. The lowest BCUT2D eigenvalue weighted by atomic mass is 10.4. The summed E-state index contributed by atoms with van der Waals surface area (Å²) in [5, 5.41) is 6.14. The van der Waals surface area contributed by atoms with E-state index in [4.69, 9.17) is 11.6 Å². The van der Waals surface area contributed by atoms with Crippen LogP contribution in [0.1, 0.15) is 13.8 Å². The normalized spacial score (nSPS) is 11.4. The summed E-state index contributed by atoms with van der Waals surface area (Å²) < 4.78 is 0. The van der Waals surface area contributed by atoms with Gasteiger partial charge in [0, 0.05) is 20.0 Å². The first-order chi connectivity index (χ1) is 6.93. The lowest BCUT2D eigenvalue weighted by Gasteiger charge is -2.07. The molecule has 6 nitrogen and oxygen atoms in total. The Morgan fingerprint density at radius 1 is 1.20 bits per heavy atom. The van der Waals surface area contributed by atoms with Crippen LogP contribution in [0, 0.1) is 0 Å². The molecule has 0 fully saturated rings. The first-order valence-electron chi connectivity index (χ1n) is 4.40. The topological polar surface area (TPSA) is 87.3 Å². The van der Waals surface area contributed by atoms with Crippen molar-refractivity contribution in [2.45, 2.75) is 19.2 Å². The number of halogens is 1. The average molecular weight is 236 g/mol. The third kappa shape index (κ3) is 7.75. The number of rotatable bonds is 4. The van der Waals surface area contributed by atoms with Crippen molar-refractivity contribution in [2.24, 2.45) is 0 Å². The highest BCUT2D eigenvalue weighted by molar-refractivity contribution is 6.31. The molecule has 1 unspecified atom stereocenters. The van der Waals surface area contributed by atoms with Crippen molar-refractivity contribution < 1.29 is 14.4 Å². The molecular formula is C8H14ClN3O3. The maximum absolute atomic E-state index is 11.0. The molecule has 86 valence electrons. The molecule has 0 saturated carbocycles. The number of hydrogen-bond acceptors (Lipinski definition) is 3. The molecule has 0 aliphatic heterocycles. The Balaban J connectivity index is 3.58. The van der Waals surface area contributed by atoms with Crippen LogP contribution < -0.4 is 16.0 Å². The molecule has 0 aromatic heterocycles. The van der Waals surface area contributed by atoms with Crippen LogP contribution in [0.4, 0.5) is 4.79 Å². The second-order valence-corrected chi connectivity index (χ2v) is 3.50. The predicted octanol–water partition coefficient (Wildman–Crippen LogP) is -0.424. The highest BCUT2D eigenvalue weighted by Crippen LogP contribution is 1.91. The van der Waals surface area contributed by atoms with Gasteiger partial charge in [0.2, 0.25) is 11.8 Å². The lowest BCUT2D eigenvalue weighted by Crippen LogP contribution is -2.44. The number of carbonyl (C=O) groups excluding carboxylic acids is 3. The number of alkyl halides is 1. The van der Waals surface area contributed by atoms with E-state index < -0.39 is 17.3 Å². The van der Waals surface area contributed by atoms with Gasteiger partial charge >= 0.3 is 6.03 Å². The number of amides is 4. The maximum atomic E-state index is 11.0. The molecule has 7 heteroatoms. The van der Waals surface area contributed by atoms with Crippen LogP contribution in [-0.2, 0) is 9.59 Å². The molecule has 1 atom stereocenters. The molecular weight excluding hydrogens is 222 g/mol. The molecule has 0 saturated heterocycles. The molecule has 0 heterocycles. The highest BCUT2D eigenvalue weighted by Gasteiger charge is 2.11. The standard InChI is InChI=1S/C8H14ClN3O3/c1-5(9)7(14)12-8(15)11-4-3-10-6(2)13/h5H,3-4H2,1-2H3,(H,10,13)(H2,11,12,14,15). The number of imide groups is 1. The van der Waals surface area contributed by atoms with E-state index in [9.17, 15) is 14.4 Å². The second kappa shape index (κ2) is 7.05. The van der Waals surface area contributed by atoms with E-state index in [-0.39, 0.29) is 12.5 Å². The average Bonchev–Trinajstić information content (AvgIpc) is 2.12. The van der Waals surface area contributed by atoms with Gasteiger partial charge in [0.15, 0.2) is 0 Å². The summed E-state index contributed by atoms with van der Waals surface area (Å²) in [6.07, 6.45) is 0. The molecule has 0 aromatic rings. The minimum atomic E-state index is -0.758. The smallest absolute Gasteiger partial charge is 0.321 e. The third-order valence-corrected chi connectivity index (χ3v) is 1.58. The van der Waals surface area contributed by atoms with Gasteiger partial charge in [-0.25, -0.2) is 4.79 Å². The Bertz CT molecular complexity index is 256. The largest absolute Gasteiger partial charge is 0.355 e. The van der Waals surface area contributed by atoms with Crippen LogP contribution in [0.3, 0.4) is 0 Å². The maximum Gasteiger partial charge on any atom is 0.321 e. The van der Waals surface area contributed by atoms with Crippen molar-refractivity contribution >= 4 is 29.4 Å². The minimum Gasteiger partial charge on any atom is -0.355 e. The van der Waals surface area contributed by atoms with Crippen molar-refractivity contribution in [3.05, 3.63) is 0 Å². The van der Waals surface area contributed by atoms with Crippen molar-refractivity contribution in [2.75, 3.05) is 13.1 Å². The van der Waals surface area contributed by atoms with Crippen LogP contribution in [0.25, 0.3) is 0 Å². The van der Waals surface area contributed by atoms with Gasteiger partial charge in [-0.2, -0.15) is 0 Å². The van der Waals surface area contributed by atoms with Gasteiger partial charge < -0.3 is 10.6 Å². The fourth-order valence-corrected chi connectivity index (χ4v) is 0.725. The monoisotopic (exact) mass is 235 g/mol. The fourth-order valence-electron chi connectivity index (χ4n) is 0.670. The van der Waals surface area contributed by atoms with Crippen LogP contribution >= 0.6 is 11.6 Å². The van der Waals surface area contributed by atoms with E-state index in [1.165, 1.54) is 13.8 Å². The minimum absolute atomic E-state index is 0.178. The second-order valence-electron chi connectivity index (χ2n) is 2.84. The Labute approximate surface area is 92.7 Å². The number of nitrogens with one attached hydrogen (secondary N) is 3. The summed E-state index contributed by atoms with van der Waals surface area (Å²) in [5.41, 5.74) is 0. The van der Waals surface area contributed by atoms with Gasteiger partial charge in [-0.05, 0) is 6.92 Å². The summed E-state index contributed by atoms with van der Waals surface area (Å²) in [7, 11) is 0. The van der Waals surface area contributed by atoms with Gasteiger partial charge in [0.1, 0.15) is 5.38 Å². The van der Waals surface area contributed by atoms with Crippen LogP contribution in [0.2, 0.25) is 0 Å². The lowest BCUT2D eigenvalue weighted by molar-refractivity contribution is -0.120. The SMILES string of the molecule is CC(=O)NCCNC(=O)NC(=O)C(C)Cl. The van der Waals surface area contributed by atoms with Gasteiger partial charge in [-0.1, -0.05) is 0 Å². The molecule has 0 aliphatic rings. The van der Waals surface area contributed by atoms with E-state index in [0.29, 0.717) is 6.54 Å². The zero-order chi connectivity index (χ0) is 11.8. The molecule has 0 radical (unpaired) electrons. The first kappa shape index (κ1) is 13.7. The number of carbonyl (C=O) groups is 3. The van der Waals surface area contributed by atoms with Gasteiger partial charge in [0.05, 0.1) is 0 Å². The summed E-state index contributed by atoms with van der Waals surface area (Å²) >= 11 is 5.43. The molecule has 0 spiro atoms. The molecule has 3 N–H and O–H groups in total. The van der Waals surface area contributed by atoms with Gasteiger partial charge in [-0.15, -0.1) is 11.6 Å². The molecule has 0 rings (SSSR count). The summed E-state index contributed by atoms with van der Waals surface area (Å²) in [4.78, 5) is 32.4. The molecule has 15 heavy (non-hydrogen) atoms. The number of urea groups is 1. The van der Waals surface area contributed by atoms with Crippen molar-refractivity contribution in [1.29, 1.82) is 0 Å². The molecule has 0 aromatic carbocycles. The quantitative estimate of drug-likeness (QED) is 0.457. The molecule has 4 amide bonds. The predicted molar refractivity (Wildman–Crippen MR) is 55.5 cm³/mol. The van der Waals surface area contributed by atoms with Crippen LogP contribution in [0.15, 0.2) is 0 Å². The fraction of sp³-hybridized carbons (Fsp3) is 0.625. The summed E-state index contributed by atoms with van der Waals surface area (Å²) in [6, 6.07) is -0.627. The van der Waals surface area contributed by atoms with E-state index in [0.717, 1.165) is 0 Å². The van der Waals surface area contributed by atoms with Crippen molar-refractivity contribution in [1.82, 2.24) is 16.0 Å². The van der Waals surface area contributed by atoms with Crippen LogP contribution in [-0.4, -0.2) is 36.3 Å². The third-order valence-electron chi connectivity index (χ3n) is 1.38. The Kier molecular flexibility index (Phi) is 6.44. The van der Waals surface area contributed by atoms with E-state index >= 15 is 0 Å². The highest BCUT2D eigenvalue weighted by atomic mass is 35.5. The van der Waals surface area contributed by atoms with Gasteiger partial charge in [0.25, 0.3) is 0 Å². The van der Waals surface area contributed by atoms with Crippen molar-refractivity contribution in [3.63, 3.8) is 0 Å². The van der Waals surface area contributed by atoms with E-state index in [1.807, 2.05) is 5.32 Å². The Morgan fingerprint density at radius 3 is 2.20 bits per heavy atom. The first-order valence-corrected chi connectivity index (χ1v) is 4.84.